The molecule has 0 saturated carbocycles. The quantitative estimate of drug-likeness (QED) is 0.251. The van der Waals surface area contributed by atoms with E-state index in [1.54, 1.807) is 0 Å². The van der Waals surface area contributed by atoms with Gasteiger partial charge in [-0.25, -0.2) is 0 Å². The second-order valence-electron chi connectivity index (χ2n) is 2.31. The first kappa shape index (κ1) is 8.45. The van der Waals surface area contributed by atoms with Crippen LogP contribution in [0, 0.1) is 6.92 Å². The smallest absolute Gasteiger partial charge is 0.125 e. The number of nitrogens with zero attached hydrogens (tertiary/aromatic N) is 1. The largest absolute Gasteiger partial charge is 0.411 e. The fraction of sp³-hybridized carbons (Fsp3) is 0.667. The fourth-order valence-electron chi connectivity index (χ4n) is 0.920. The Morgan fingerprint density at radius 3 is 2.36 bits per heavy atom. The first-order valence-electron chi connectivity index (χ1n) is 3.11. The number of rotatable bonds is 1. The van der Waals surface area contributed by atoms with Crippen molar-refractivity contribution in [2.75, 3.05) is 0 Å². The van der Waals surface area contributed by atoms with Crippen molar-refractivity contribution < 1.29 is 20.2 Å². The van der Waals surface area contributed by atoms with Crippen LogP contribution in [0.15, 0.2) is 5.16 Å². The van der Waals surface area contributed by atoms with Gasteiger partial charge >= 0.3 is 0 Å². The van der Waals surface area contributed by atoms with Gasteiger partial charge in [-0.1, -0.05) is 5.16 Å². The van der Waals surface area contributed by atoms with Crippen LogP contribution in [-0.4, -0.2) is 46.1 Å². The molecule has 3 N–H and O–H groups in total. The molecule has 0 amide bonds. The highest BCUT2D eigenvalue weighted by Crippen LogP contribution is 2.18. The van der Waals surface area contributed by atoms with Crippen molar-refractivity contribution in [1.29, 1.82) is 0 Å². The van der Waals surface area contributed by atoms with E-state index in [4.69, 9.17) is 27.1 Å². The number of hydrogen-bond donors (Lipinski definition) is 3. The monoisotopic (exact) mass is 159 g/mol. The molecule has 0 aliphatic carbocycles. The number of ether oxygens (including phenoxy) is 1. The minimum absolute atomic E-state index is 0.829. The van der Waals surface area contributed by atoms with Gasteiger partial charge in [0, 0.05) is 0 Å². The Morgan fingerprint density at radius 2 is 2.00 bits per heavy atom. The highest BCUT2D eigenvalue weighted by Gasteiger charge is 2.39. The molecule has 0 aromatic carbocycles. The second-order valence-corrected chi connectivity index (χ2v) is 2.31. The molecule has 62 valence electrons. The predicted octanol–water partition coefficient (Wildman–Crippen LogP) is -1.35. The normalized spacial score (nSPS) is 45.4. The first-order valence-corrected chi connectivity index (χ1v) is 3.11. The lowest BCUT2D eigenvalue weighted by molar-refractivity contribution is 0.0403. The Morgan fingerprint density at radius 1 is 1.36 bits per heavy atom. The first-order chi connectivity index (χ1) is 5.16. The van der Waals surface area contributed by atoms with Crippen molar-refractivity contribution in [3.63, 3.8) is 0 Å². The summed E-state index contributed by atoms with van der Waals surface area (Å²) in [5, 5.41) is 28.9. The van der Waals surface area contributed by atoms with Crippen molar-refractivity contribution in [2.24, 2.45) is 5.16 Å². The van der Waals surface area contributed by atoms with Crippen LogP contribution in [0.1, 0.15) is 0 Å². The second kappa shape index (κ2) is 3.17. The molecule has 1 saturated heterocycles. The Hall–Kier alpha value is -0.650. The summed E-state index contributed by atoms with van der Waals surface area (Å²) in [4.78, 5) is 0. The zero-order valence-electron chi connectivity index (χ0n) is 5.66. The minimum Gasteiger partial charge on any atom is -0.411 e. The molecule has 0 aromatic rings. The van der Waals surface area contributed by atoms with Gasteiger partial charge in [-0.15, -0.1) is 0 Å². The number of oxime groups is 1. The molecule has 11 heavy (non-hydrogen) atoms. The Bertz CT molecular complexity index is 161. The zero-order chi connectivity index (χ0) is 8.43. The number of aliphatic hydroxyl groups is 2. The predicted molar refractivity (Wildman–Crippen MR) is 35.3 cm³/mol. The van der Waals surface area contributed by atoms with Gasteiger partial charge in [0.15, 0.2) is 0 Å². The zero-order valence-corrected chi connectivity index (χ0v) is 5.66. The van der Waals surface area contributed by atoms with Gasteiger partial charge in [0.25, 0.3) is 0 Å². The summed E-state index contributed by atoms with van der Waals surface area (Å²) in [5.74, 6) is 0. The Labute approximate surface area is 63.9 Å². The third-order valence-electron chi connectivity index (χ3n) is 1.55. The molecule has 5 nitrogen and oxygen atoms in total. The van der Waals surface area contributed by atoms with Gasteiger partial charge in [0.1, 0.15) is 18.3 Å². The van der Waals surface area contributed by atoms with Crippen LogP contribution in [0.3, 0.4) is 0 Å². The van der Waals surface area contributed by atoms with Crippen LogP contribution in [-0.2, 0) is 4.74 Å². The lowest BCUT2D eigenvalue weighted by Gasteiger charge is -2.08. The lowest BCUT2D eigenvalue weighted by atomic mass is 10.1. The van der Waals surface area contributed by atoms with E-state index in [-0.39, 0.29) is 0 Å². The van der Waals surface area contributed by atoms with Crippen molar-refractivity contribution >= 4 is 6.21 Å². The van der Waals surface area contributed by atoms with E-state index < -0.39 is 24.4 Å². The Kier molecular flexibility index (Phi) is 2.43. The van der Waals surface area contributed by atoms with Gasteiger partial charge in [-0.3, -0.25) is 0 Å². The molecule has 1 fully saturated rings. The van der Waals surface area contributed by atoms with Crippen molar-refractivity contribution in [2.45, 2.75) is 24.4 Å². The maximum Gasteiger partial charge on any atom is 0.125 e. The highest BCUT2D eigenvalue weighted by molar-refractivity contribution is 5.64. The summed E-state index contributed by atoms with van der Waals surface area (Å²) >= 11 is 0. The van der Waals surface area contributed by atoms with Gasteiger partial charge < -0.3 is 20.2 Å². The standard InChI is InChI=1S/C6H9NO4/c1-3-5(8)6(9)4(11-3)2-7-10/h1-6,8-10H/b7-2-/t3-,4+,5?,6-/m0/s1. The molecule has 1 aliphatic heterocycles. The van der Waals surface area contributed by atoms with E-state index in [1.807, 2.05) is 0 Å². The van der Waals surface area contributed by atoms with E-state index in [2.05, 4.69) is 5.16 Å². The third kappa shape index (κ3) is 1.50. The molecule has 1 unspecified atom stereocenters. The molecule has 1 aliphatic rings. The van der Waals surface area contributed by atoms with Gasteiger partial charge in [0.2, 0.25) is 0 Å². The summed E-state index contributed by atoms with van der Waals surface area (Å²) < 4.78 is 4.79. The Balaban J connectivity index is 2.59. The van der Waals surface area contributed by atoms with Gasteiger partial charge in [-0.2, -0.15) is 0 Å². The van der Waals surface area contributed by atoms with Crippen LogP contribution in [0.5, 0.6) is 0 Å². The van der Waals surface area contributed by atoms with E-state index >= 15 is 0 Å². The van der Waals surface area contributed by atoms with E-state index in [9.17, 15) is 0 Å². The molecular weight excluding hydrogens is 150 g/mol. The maximum absolute atomic E-state index is 9.10. The molecule has 0 aromatic heterocycles. The van der Waals surface area contributed by atoms with E-state index in [0.29, 0.717) is 0 Å². The van der Waals surface area contributed by atoms with Crippen LogP contribution >= 0.6 is 0 Å². The summed E-state index contributed by atoms with van der Waals surface area (Å²) in [5.41, 5.74) is 0. The van der Waals surface area contributed by atoms with E-state index in [0.717, 1.165) is 6.21 Å². The number of aliphatic hydroxyl groups excluding tert-OH is 2. The van der Waals surface area contributed by atoms with Crippen LogP contribution < -0.4 is 0 Å². The molecule has 1 heterocycles. The molecule has 0 bridgehead atoms. The van der Waals surface area contributed by atoms with Crippen LogP contribution in [0.4, 0.5) is 0 Å². The van der Waals surface area contributed by atoms with E-state index in [1.165, 1.54) is 0 Å². The lowest BCUT2D eigenvalue weighted by Crippen LogP contribution is -2.32. The van der Waals surface area contributed by atoms with Crippen molar-refractivity contribution in [1.82, 2.24) is 0 Å². The molecule has 2 radical (unpaired) electrons. The number of hydrogen-bond acceptors (Lipinski definition) is 5. The third-order valence-corrected chi connectivity index (χ3v) is 1.55. The average molecular weight is 159 g/mol. The fourth-order valence-corrected chi connectivity index (χ4v) is 0.920. The molecule has 0 spiro atoms. The summed E-state index contributed by atoms with van der Waals surface area (Å²) in [6.07, 6.45) is -3.03. The summed E-state index contributed by atoms with van der Waals surface area (Å²) in [6, 6.07) is 0. The van der Waals surface area contributed by atoms with Crippen molar-refractivity contribution in [3.8, 4) is 0 Å². The van der Waals surface area contributed by atoms with Crippen molar-refractivity contribution in [3.05, 3.63) is 6.92 Å². The van der Waals surface area contributed by atoms with Gasteiger partial charge in [0.05, 0.1) is 12.3 Å². The SMILES string of the molecule is [CH][C@@H]1O[C@H](/C=N\O)[C@H](O)C1O. The van der Waals surface area contributed by atoms with Crippen LogP contribution in [0.25, 0.3) is 0 Å². The summed E-state index contributed by atoms with van der Waals surface area (Å²) in [7, 11) is 0. The summed E-state index contributed by atoms with van der Waals surface area (Å²) in [6.45, 7) is 5.21. The molecule has 5 heteroatoms. The van der Waals surface area contributed by atoms with Gasteiger partial charge in [-0.05, 0) is 6.92 Å². The topological polar surface area (TPSA) is 82.3 Å². The highest BCUT2D eigenvalue weighted by atomic mass is 16.5. The van der Waals surface area contributed by atoms with Crippen LogP contribution in [0.2, 0.25) is 0 Å². The average Bonchev–Trinajstić information content (AvgIpc) is 2.19. The molecule has 4 atom stereocenters. The maximum atomic E-state index is 9.10. The molecule has 1 rings (SSSR count). The minimum atomic E-state index is -1.13. The molecular formula is C6H9NO4.